The Labute approximate surface area is 349 Å². The fourth-order valence-corrected chi connectivity index (χ4v) is 9.27. The van der Waals surface area contributed by atoms with Crippen LogP contribution < -0.4 is 15.4 Å². The van der Waals surface area contributed by atoms with Crippen LogP contribution in [0.3, 0.4) is 0 Å². The van der Waals surface area contributed by atoms with Crippen molar-refractivity contribution in [1.82, 2.24) is 29.4 Å². The number of benzene rings is 2. The number of hydrogen-bond donors (Lipinski definition) is 2. The minimum Gasteiger partial charge on any atom is -0.491 e. The van der Waals surface area contributed by atoms with Gasteiger partial charge < -0.3 is 24.3 Å². The highest BCUT2D eigenvalue weighted by atomic mass is 32.2. The van der Waals surface area contributed by atoms with Gasteiger partial charge in [-0.2, -0.15) is 9.57 Å². The van der Waals surface area contributed by atoms with Crippen molar-refractivity contribution in [3.8, 4) is 11.8 Å². The number of piperidine rings is 1. The molecule has 1 saturated carbocycles. The van der Waals surface area contributed by atoms with E-state index in [4.69, 9.17) is 18.9 Å². The third-order valence-corrected chi connectivity index (χ3v) is 13.0. The van der Waals surface area contributed by atoms with Gasteiger partial charge in [0.15, 0.2) is 0 Å². The highest BCUT2D eigenvalue weighted by molar-refractivity contribution is 7.89. The second-order valence-corrected chi connectivity index (χ2v) is 16.9. The first-order chi connectivity index (χ1) is 28.6. The molecule has 60 heavy (non-hydrogen) atoms. The topological polar surface area (TPSA) is 223 Å². The number of nitrogens with zero attached hydrogens (tertiary/aromatic N) is 6. The van der Waals surface area contributed by atoms with Crippen molar-refractivity contribution in [2.45, 2.75) is 64.1 Å². The molecule has 19 heteroatoms. The number of piperazine rings is 1. The summed E-state index contributed by atoms with van der Waals surface area (Å²) in [5.74, 6) is -1.26. The SMILES string of the molecule is C.N#Cc1ccc2ncnc(NC3CCC(N4CCN(S(=O)(=O)CCOCCOCCOCCOc5ccc6c(c5)C(=O)N(C5CCC(=O)NC5=O)C6=O)CC4)CC3)c2c1. The van der Waals surface area contributed by atoms with Crippen LogP contribution in [0.5, 0.6) is 5.75 Å². The molecular weight excluding hydrogens is 797 g/mol. The van der Waals surface area contributed by atoms with Crippen LogP contribution >= 0.6 is 0 Å². The van der Waals surface area contributed by atoms with Gasteiger partial charge in [-0.25, -0.2) is 18.4 Å². The molecule has 322 valence electrons. The summed E-state index contributed by atoms with van der Waals surface area (Å²) >= 11 is 0. The van der Waals surface area contributed by atoms with Crippen LogP contribution in [0.25, 0.3) is 10.9 Å². The summed E-state index contributed by atoms with van der Waals surface area (Å²) < 4.78 is 49.9. The Morgan fingerprint density at radius 3 is 2.18 bits per heavy atom. The maximum Gasteiger partial charge on any atom is 0.262 e. The van der Waals surface area contributed by atoms with E-state index in [-0.39, 0.29) is 76.2 Å². The molecule has 0 bridgehead atoms. The number of imide groups is 2. The normalized spacial score (nSPS) is 21.3. The number of carbonyl (C=O) groups excluding carboxylic acids is 4. The highest BCUT2D eigenvalue weighted by Crippen LogP contribution is 2.31. The molecule has 3 aromatic rings. The Morgan fingerprint density at radius 1 is 0.800 bits per heavy atom. The molecular formula is C41H52N8O10S. The monoisotopic (exact) mass is 848 g/mol. The zero-order chi connectivity index (χ0) is 41.4. The maximum absolute atomic E-state index is 13.0. The number of nitrogens with one attached hydrogen (secondary N) is 2. The lowest BCUT2D eigenvalue weighted by atomic mass is 9.89. The molecule has 4 amide bonds. The number of anilines is 1. The molecule has 1 atom stereocenters. The van der Waals surface area contributed by atoms with Gasteiger partial charge in [0, 0.05) is 50.1 Å². The van der Waals surface area contributed by atoms with Gasteiger partial charge in [0.2, 0.25) is 21.8 Å². The number of rotatable bonds is 18. The summed E-state index contributed by atoms with van der Waals surface area (Å²) in [6.07, 6.45) is 5.63. The molecule has 18 nitrogen and oxygen atoms in total. The summed E-state index contributed by atoms with van der Waals surface area (Å²) in [5.41, 5.74) is 1.68. The van der Waals surface area contributed by atoms with E-state index in [0.717, 1.165) is 47.3 Å². The zero-order valence-electron chi connectivity index (χ0n) is 32.7. The quantitative estimate of drug-likeness (QED) is 0.139. The van der Waals surface area contributed by atoms with Gasteiger partial charge in [0.1, 0.15) is 30.5 Å². The number of ether oxygens (including phenoxy) is 4. The fourth-order valence-electron chi connectivity index (χ4n) is 7.96. The van der Waals surface area contributed by atoms with Crippen molar-refractivity contribution in [2.75, 3.05) is 83.5 Å². The molecule has 0 spiro atoms. The Morgan fingerprint density at radius 2 is 1.48 bits per heavy atom. The number of amides is 4. The van der Waals surface area contributed by atoms with E-state index < -0.39 is 39.7 Å². The fraction of sp³-hybridized carbons (Fsp3) is 0.537. The van der Waals surface area contributed by atoms with Crippen LogP contribution in [0.1, 0.15) is 72.2 Å². The second-order valence-electron chi connectivity index (χ2n) is 14.8. The van der Waals surface area contributed by atoms with Crippen LogP contribution in [0, 0.1) is 11.3 Å². The van der Waals surface area contributed by atoms with Crippen molar-refractivity contribution >= 4 is 50.4 Å². The number of nitriles is 1. The van der Waals surface area contributed by atoms with Crippen LogP contribution in [-0.2, 0) is 33.8 Å². The summed E-state index contributed by atoms with van der Waals surface area (Å²) in [6.45, 7) is 3.95. The van der Waals surface area contributed by atoms with Crippen LogP contribution in [-0.4, -0.2) is 152 Å². The molecule has 1 aromatic heterocycles. The van der Waals surface area contributed by atoms with E-state index in [1.54, 1.807) is 22.8 Å². The second kappa shape index (κ2) is 20.4. The average Bonchev–Trinajstić information content (AvgIpc) is 3.49. The van der Waals surface area contributed by atoms with Crippen LogP contribution in [0.15, 0.2) is 42.7 Å². The summed E-state index contributed by atoms with van der Waals surface area (Å²) in [5, 5.41) is 15.9. The van der Waals surface area contributed by atoms with E-state index in [9.17, 15) is 32.9 Å². The number of carbonyl (C=O) groups is 4. The zero-order valence-corrected chi connectivity index (χ0v) is 33.5. The van der Waals surface area contributed by atoms with E-state index in [1.807, 2.05) is 12.1 Å². The van der Waals surface area contributed by atoms with Gasteiger partial charge >= 0.3 is 0 Å². The Kier molecular flexibility index (Phi) is 15.1. The van der Waals surface area contributed by atoms with Crippen molar-refractivity contribution in [2.24, 2.45) is 0 Å². The van der Waals surface area contributed by atoms with E-state index in [0.29, 0.717) is 56.7 Å². The van der Waals surface area contributed by atoms with Crippen molar-refractivity contribution in [3.63, 3.8) is 0 Å². The largest absolute Gasteiger partial charge is 0.491 e. The molecule has 2 aromatic carbocycles. The standard InChI is InChI=1S/C40H48N8O10S.CH4/c41-25-27-1-8-34-33(23-27)37(43-26-42-34)44-28-2-4-29(5-3-28)46-11-13-47(14-12-46)59(53,54)22-21-57-18-17-55-15-16-56-19-20-58-30-6-7-31-32(24-30)40(52)48(39(31)51)35-9-10-36(49)45-38(35)50;/h1,6-8,23-24,26,28-29,35H,2-5,9-22H2,(H,42,43,44)(H,45,49,50);1H4. The predicted octanol–water partition coefficient (Wildman–Crippen LogP) is 2.34. The third-order valence-electron chi connectivity index (χ3n) is 11.1. The van der Waals surface area contributed by atoms with Gasteiger partial charge in [-0.15, -0.1) is 0 Å². The Bertz CT molecular complexity index is 2180. The van der Waals surface area contributed by atoms with Crippen molar-refractivity contribution < 1.29 is 46.5 Å². The molecule has 3 aliphatic heterocycles. The van der Waals surface area contributed by atoms with Gasteiger partial charge in [-0.05, 0) is 68.5 Å². The minimum atomic E-state index is -3.45. The lowest BCUT2D eigenvalue weighted by molar-refractivity contribution is -0.136. The molecule has 2 saturated heterocycles. The molecule has 3 fully saturated rings. The number of fused-ring (bicyclic) bond motifs is 2. The smallest absolute Gasteiger partial charge is 0.262 e. The molecule has 0 radical (unpaired) electrons. The number of hydrogen-bond acceptors (Lipinski definition) is 15. The summed E-state index contributed by atoms with van der Waals surface area (Å²) in [6, 6.07) is 11.7. The van der Waals surface area contributed by atoms with Crippen molar-refractivity contribution in [1.29, 1.82) is 5.26 Å². The molecule has 4 heterocycles. The van der Waals surface area contributed by atoms with E-state index >= 15 is 0 Å². The minimum absolute atomic E-state index is 0. The molecule has 7 rings (SSSR count). The number of aromatic nitrogens is 2. The third kappa shape index (κ3) is 10.6. The van der Waals surface area contributed by atoms with Crippen LogP contribution in [0.2, 0.25) is 0 Å². The first kappa shape index (κ1) is 44.5. The average molecular weight is 849 g/mol. The maximum atomic E-state index is 13.0. The molecule has 1 unspecified atom stereocenters. The summed E-state index contributed by atoms with van der Waals surface area (Å²) in [7, 11) is -3.45. The predicted molar refractivity (Wildman–Crippen MR) is 219 cm³/mol. The van der Waals surface area contributed by atoms with Gasteiger partial charge in [0.25, 0.3) is 11.8 Å². The van der Waals surface area contributed by atoms with Gasteiger partial charge in [-0.1, -0.05) is 7.43 Å². The first-order valence-electron chi connectivity index (χ1n) is 20.0. The van der Waals surface area contributed by atoms with E-state index in [1.165, 1.54) is 12.1 Å². The molecule has 1 aliphatic carbocycles. The van der Waals surface area contributed by atoms with Gasteiger partial charge in [-0.3, -0.25) is 34.3 Å². The molecule has 2 N–H and O–H groups in total. The first-order valence-corrected chi connectivity index (χ1v) is 21.6. The van der Waals surface area contributed by atoms with Gasteiger partial charge in [0.05, 0.1) is 73.7 Å². The molecule has 4 aliphatic rings. The highest BCUT2D eigenvalue weighted by Gasteiger charge is 2.44. The Balaban J connectivity index is 0.00000604. The summed E-state index contributed by atoms with van der Waals surface area (Å²) in [4.78, 5) is 61.7. The van der Waals surface area contributed by atoms with Crippen molar-refractivity contribution in [3.05, 3.63) is 59.4 Å². The Hall–Kier alpha value is -5.10. The lowest BCUT2D eigenvalue weighted by Crippen LogP contribution is -2.54. The van der Waals surface area contributed by atoms with E-state index in [2.05, 4.69) is 31.6 Å². The number of sulfonamides is 1. The van der Waals surface area contributed by atoms with Crippen LogP contribution in [0.4, 0.5) is 5.82 Å². The lowest BCUT2D eigenvalue weighted by Gasteiger charge is -2.41.